The van der Waals surface area contributed by atoms with Gasteiger partial charge in [-0.2, -0.15) is 0 Å². The molecule has 2 heterocycles. The molecule has 6 heteroatoms. The molecule has 0 amide bonds. The maximum Gasteiger partial charge on any atom is 0.225 e. The molecule has 0 saturated heterocycles. The Labute approximate surface area is 122 Å². The molecule has 0 atom stereocenters. The summed E-state index contributed by atoms with van der Waals surface area (Å²) < 4.78 is 11.1. The van der Waals surface area contributed by atoms with Gasteiger partial charge in [-0.3, -0.25) is 0 Å². The Morgan fingerprint density at radius 1 is 1.15 bits per heavy atom. The molecule has 104 valence electrons. The first kappa shape index (κ1) is 13.0. The molecule has 1 aromatic carbocycles. The Morgan fingerprint density at radius 2 is 1.85 bits per heavy atom. The fraction of sp³-hybridized carbons (Fsp3) is 0.286. The molecule has 0 spiro atoms. The van der Waals surface area contributed by atoms with Crippen LogP contribution in [0.1, 0.15) is 5.56 Å². The van der Waals surface area contributed by atoms with Gasteiger partial charge in [0.25, 0.3) is 0 Å². The minimum absolute atomic E-state index is 0.529. The molecule has 1 aliphatic heterocycles. The Kier molecular flexibility index (Phi) is 3.60. The van der Waals surface area contributed by atoms with Crippen LogP contribution in [0, 0.1) is 0 Å². The Bertz CT molecular complexity index is 604. The summed E-state index contributed by atoms with van der Waals surface area (Å²) in [7, 11) is 1.93. The number of fused-ring (bicyclic) bond motifs is 1. The van der Waals surface area contributed by atoms with Crippen LogP contribution in [-0.4, -0.2) is 30.2 Å². The van der Waals surface area contributed by atoms with Gasteiger partial charge in [-0.1, -0.05) is 17.7 Å². The molecule has 0 fully saturated rings. The summed E-state index contributed by atoms with van der Waals surface area (Å²) in [5, 5.41) is 0.529. The third-order valence-corrected chi connectivity index (χ3v) is 3.17. The van der Waals surface area contributed by atoms with E-state index in [1.807, 2.05) is 30.1 Å². The van der Waals surface area contributed by atoms with Crippen molar-refractivity contribution in [2.24, 2.45) is 0 Å². The Balaban J connectivity index is 1.75. The average Bonchev–Trinajstić information content (AvgIpc) is 2.48. The van der Waals surface area contributed by atoms with E-state index in [2.05, 4.69) is 9.97 Å². The number of rotatable bonds is 3. The minimum atomic E-state index is 0.529. The van der Waals surface area contributed by atoms with Gasteiger partial charge in [-0.25, -0.2) is 9.97 Å². The van der Waals surface area contributed by atoms with Crippen LogP contribution >= 0.6 is 11.6 Å². The fourth-order valence-electron chi connectivity index (χ4n) is 2.03. The van der Waals surface area contributed by atoms with Crippen LogP contribution in [0.2, 0.25) is 5.02 Å². The number of nitrogens with zero attached hydrogens (tertiary/aromatic N) is 3. The van der Waals surface area contributed by atoms with E-state index in [9.17, 15) is 0 Å². The van der Waals surface area contributed by atoms with Crippen LogP contribution in [0.3, 0.4) is 0 Å². The van der Waals surface area contributed by atoms with Crippen molar-refractivity contribution in [3.8, 4) is 11.5 Å². The second kappa shape index (κ2) is 5.54. The topological polar surface area (TPSA) is 47.5 Å². The largest absolute Gasteiger partial charge is 0.486 e. The zero-order chi connectivity index (χ0) is 13.9. The van der Waals surface area contributed by atoms with Crippen molar-refractivity contribution in [3.05, 3.63) is 41.2 Å². The molecule has 5 nitrogen and oxygen atoms in total. The normalized spacial score (nSPS) is 13.1. The standard InChI is InChI=1S/C14H14ClN3O2/c1-18(14-16-7-11(15)8-17-14)9-10-2-3-12-13(6-10)20-5-4-19-12/h2-3,6-8H,4-5,9H2,1H3. The molecule has 0 bridgehead atoms. The maximum atomic E-state index is 5.78. The van der Waals surface area contributed by atoms with Crippen molar-refractivity contribution in [1.29, 1.82) is 0 Å². The molecule has 0 aliphatic carbocycles. The van der Waals surface area contributed by atoms with Gasteiger partial charge in [-0.15, -0.1) is 0 Å². The van der Waals surface area contributed by atoms with E-state index in [0.29, 0.717) is 30.7 Å². The first-order valence-electron chi connectivity index (χ1n) is 6.29. The number of benzene rings is 1. The summed E-state index contributed by atoms with van der Waals surface area (Å²) in [6.07, 6.45) is 3.17. The van der Waals surface area contributed by atoms with E-state index < -0.39 is 0 Å². The third-order valence-electron chi connectivity index (χ3n) is 2.97. The number of anilines is 1. The Morgan fingerprint density at radius 3 is 2.60 bits per heavy atom. The van der Waals surface area contributed by atoms with Gasteiger partial charge in [0.05, 0.1) is 17.4 Å². The van der Waals surface area contributed by atoms with Crippen LogP contribution in [-0.2, 0) is 6.54 Å². The summed E-state index contributed by atoms with van der Waals surface area (Å²) in [5.74, 6) is 2.22. The van der Waals surface area contributed by atoms with Gasteiger partial charge >= 0.3 is 0 Å². The second-order valence-electron chi connectivity index (χ2n) is 4.54. The smallest absolute Gasteiger partial charge is 0.225 e. The van der Waals surface area contributed by atoms with Gasteiger partial charge in [0, 0.05) is 13.6 Å². The van der Waals surface area contributed by atoms with Gasteiger partial charge < -0.3 is 14.4 Å². The van der Waals surface area contributed by atoms with Crippen molar-refractivity contribution in [2.75, 3.05) is 25.2 Å². The highest BCUT2D eigenvalue weighted by atomic mass is 35.5. The molecule has 0 saturated carbocycles. The fourth-order valence-corrected chi connectivity index (χ4v) is 2.13. The highest BCUT2D eigenvalue weighted by molar-refractivity contribution is 6.30. The predicted molar refractivity (Wildman–Crippen MR) is 76.6 cm³/mol. The van der Waals surface area contributed by atoms with Crippen molar-refractivity contribution in [3.63, 3.8) is 0 Å². The van der Waals surface area contributed by atoms with Crippen LogP contribution in [0.25, 0.3) is 0 Å². The lowest BCUT2D eigenvalue weighted by atomic mass is 10.2. The maximum absolute atomic E-state index is 5.78. The number of ether oxygens (including phenoxy) is 2. The number of hydrogen-bond donors (Lipinski definition) is 0. The van der Waals surface area contributed by atoms with Crippen LogP contribution < -0.4 is 14.4 Å². The second-order valence-corrected chi connectivity index (χ2v) is 4.97. The van der Waals surface area contributed by atoms with E-state index in [0.717, 1.165) is 17.1 Å². The highest BCUT2D eigenvalue weighted by Gasteiger charge is 2.13. The van der Waals surface area contributed by atoms with Crippen LogP contribution in [0.4, 0.5) is 5.95 Å². The van der Waals surface area contributed by atoms with E-state index >= 15 is 0 Å². The summed E-state index contributed by atoms with van der Waals surface area (Å²) >= 11 is 5.78. The quantitative estimate of drug-likeness (QED) is 0.870. The molecule has 1 aliphatic rings. The molecule has 20 heavy (non-hydrogen) atoms. The van der Waals surface area contributed by atoms with E-state index in [-0.39, 0.29) is 0 Å². The molecular weight excluding hydrogens is 278 g/mol. The monoisotopic (exact) mass is 291 g/mol. The predicted octanol–water partition coefficient (Wildman–Crippen LogP) is 2.54. The number of aromatic nitrogens is 2. The van der Waals surface area contributed by atoms with Crippen molar-refractivity contribution < 1.29 is 9.47 Å². The molecule has 3 rings (SSSR count). The zero-order valence-corrected chi connectivity index (χ0v) is 11.8. The summed E-state index contributed by atoms with van der Waals surface area (Å²) in [5.41, 5.74) is 1.11. The first-order chi connectivity index (χ1) is 9.72. The van der Waals surface area contributed by atoms with Crippen LogP contribution in [0.5, 0.6) is 11.5 Å². The lowest BCUT2D eigenvalue weighted by molar-refractivity contribution is 0.171. The third kappa shape index (κ3) is 2.77. The molecule has 0 unspecified atom stereocenters. The van der Waals surface area contributed by atoms with E-state index in [1.54, 1.807) is 12.4 Å². The van der Waals surface area contributed by atoms with E-state index in [1.165, 1.54) is 0 Å². The molecule has 0 N–H and O–H groups in total. The van der Waals surface area contributed by atoms with Gasteiger partial charge in [-0.05, 0) is 17.7 Å². The van der Waals surface area contributed by atoms with Gasteiger partial charge in [0.1, 0.15) is 13.2 Å². The van der Waals surface area contributed by atoms with Crippen molar-refractivity contribution in [2.45, 2.75) is 6.54 Å². The zero-order valence-electron chi connectivity index (χ0n) is 11.0. The summed E-state index contributed by atoms with van der Waals surface area (Å²) in [6.45, 7) is 1.87. The number of halogens is 1. The highest BCUT2D eigenvalue weighted by Crippen LogP contribution is 2.31. The SMILES string of the molecule is CN(Cc1ccc2c(c1)OCCO2)c1ncc(Cl)cn1. The Hall–Kier alpha value is -2.01. The molecule has 0 radical (unpaired) electrons. The van der Waals surface area contributed by atoms with Gasteiger partial charge in [0.15, 0.2) is 11.5 Å². The minimum Gasteiger partial charge on any atom is -0.486 e. The van der Waals surface area contributed by atoms with Gasteiger partial charge in [0.2, 0.25) is 5.95 Å². The number of hydrogen-bond acceptors (Lipinski definition) is 5. The average molecular weight is 292 g/mol. The summed E-state index contributed by atoms with van der Waals surface area (Å²) in [4.78, 5) is 10.3. The van der Waals surface area contributed by atoms with Crippen LogP contribution in [0.15, 0.2) is 30.6 Å². The lowest BCUT2D eigenvalue weighted by Gasteiger charge is -2.21. The summed E-state index contributed by atoms with van der Waals surface area (Å²) in [6, 6.07) is 5.93. The molecular formula is C14H14ClN3O2. The first-order valence-corrected chi connectivity index (χ1v) is 6.67. The molecule has 1 aromatic heterocycles. The van der Waals surface area contributed by atoms with E-state index in [4.69, 9.17) is 21.1 Å². The lowest BCUT2D eigenvalue weighted by Crippen LogP contribution is -2.20. The molecule has 2 aromatic rings. The van der Waals surface area contributed by atoms with Crippen molar-refractivity contribution in [1.82, 2.24) is 9.97 Å². The van der Waals surface area contributed by atoms with Crippen molar-refractivity contribution >= 4 is 17.5 Å².